The van der Waals surface area contributed by atoms with Crippen molar-refractivity contribution in [2.24, 2.45) is 0 Å². The van der Waals surface area contributed by atoms with Crippen molar-refractivity contribution < 1.29 is 9.18 Å². The van der Waals surface area contributed by atoms with Gasteiger partial charge in [-0.2, -0.15) is 0 Å². The minimum atomic E-state index is -0.410. The summed E-state index contributed by atoms with van der Waals surface area (Å²) >= 11 is 3.69. The second-order valence-electron chi connectivity index (χ2n) is 8.62. The average Bonchev–Trinajstić information content (AvgIpc) is 2.88. The van der Waals surface area contributed by atoms with Gasteiger partial charge in [-0.05, 0) is 66.2 Å². The Bertz CT molecular complexity index is 1550. The van der Waals surface area contributed by atoms with Crippen LogP contribution in [0.4, 0.5) is 26.4 Å². The standard InChI is InChI=1S/C30H23BrFN3O/c1-19-8-13-23(14-9-19)33-30(36)35(24-15-10-20(2)11-16-24)29-26-18-22(32)12-17-25(26)27(31)28(34-29)21-6-4-3-5-7-21/h3-18H,1-2H3,(H,33,36). The third-order valence-electron chi connectivity index (χ3n) is 5.94. The van der Waals surface area contributed by atoms with E-state index in [-0.39, 0.29) is 0 Å². The van der Waals surface area contributed by atoms with E-state index in [0.717, 1.165) is 26.5 Å². The minimum absolute atomic E-state index is 0.333. The Morgan fingerprint density at radius 2 is 1.47 bits per heavy atom. The second-order valence-corrected chi connectivity index (χ2v) is 9.41. The van der Waals surface area contributed by atoms with Gasteiger partial charge in [0.2, 0.25) is 0 Å². The maximum atomic E-state index is 14.5. The van der Waals surface area contributed by atoms with E-state index in [2.05, 4.69) is 21.2 Å². The quantitative estimate of drug-likeness (QED) is 0.248. The first kappa shape index (κ1) is 23.7. The number of aromatic nitrogens is 1. The summed E-state index contributed by atoms with van der Waals surface area (Å²) < 4.78 is 15.2. The maximum Gasteiger partial charge on any atom is 0.332 e. The van der Waals surface area contributed by atoms with Crippen LogP contribution in [0, 0.1) is 19.7 Å². The maximum absolute atomic E-state index is 14.5. The first-order valence-corrected chi connectivity index (χ1v) is 12.3. The molecule has 0 aliphatic carbocycles. The summed E-state index contributed by atoms with van der Waals surface area (Å²) in [4.78, 5) is 20.3. The summed E-state index contributed by atoms with van der Waals surface area (Å²) in [5.74, 6) is -0.0762. The second kappa shape index (κ2) is 9.91. The Kier molecular flexibility index (Phi) is 6.53. The van der Waals surface area contributed by atoms with Crippen LogP contribution in [-0.2, 0) is 0 Å². The van der Waals surface area contributed by atoms with Crippen molar-refractivity contribution in [1.29, 1.82) is 0 Å². The molecule has 0 fully saturated rings. The molecule has 0 aliphatic rings. The topological polar surface area (TPSA) is 45.2 Å². The Balaban J connectivity index is 1.75. The molecule has 0 saturated heterocycles. The number of carbonyl (C=O) groups is 1. The molecular weight excluding hydrogens is 517 g/mol. The fourth-order valence-corrected chi connectivity index (χ4v) is 4.70. The third-order valence-corrected chi connectivity index (χ3v) is 6.74. The van der Waals surface area contributed by atoms with Crippen molar-refractivity contribution in [2.75, 3.05) is 10.2 Å². The number of urea groups is 1. The van der Waals surface area contributed by atoms with Crippen LogP contribution >= 0.6 is 15.9 Å². The summed E-state index contributed by atoms with van der Waals surface area (Å²) in [6, 6.07) is 29.0. The summed E-state index contributed by atoms with van der Waals surface area (Å²) in [6.07, 6.45) is 0. The Hall–Kier alpha value is -4.03. The molecule has 0 bridgehead atoms. The van der Waals surface area contributed by atoms with Crippen molar-refractivity contribution in [3.05, 3.63) is 118 Å². The first-order valence-electron chi connectivity index (χ1n) is 11.5. The SMILES string of the molecule is Cc1ccc(NC(=O)N(c2ccc(C)cc2)c2nc(-c3ccccc3)c(Br)c3ccc(F)cc23)cc1. The number of rotatable bonds is 4. The van der Waals surface area contributed by atoms with Gasteiger partial charge < -0.3 is 5.32 Å². The van der Waals surface area contributed by atoms with Crippen LogP contribution in [0.5, 0.6) is 0 Å². The van der Waals surface area contributed by atoms with Crippen LogP contribution in [0.1, 0.15) is 11.1 Å². The van der Waals surface area contributed by atoms with E-state index in [9.17, 15) is 9.18 Å². The molecule has 5 aromatic rings. The molecule has 4 nitrogen and oxygen atoms in total. The number of hydrogen-bond acceptors (Lipinski definition) is 2. The number of fused-ring (bicyclic) bond motifs is 1. The zero-order chi connectivity index (χ0) is 25.2. The summed E-state index contributed by atoms with van der Waals surface area (Å²) in [5, 5.41) is 4.24. The lowest BCUT2D eigenvalue weighted by molar-refractivity contribution is 0.259. The molecular formula is C30H23BrFN3O. The average molecular weight is 540 g/mol. The van der Waals surface area contributed by atoms with Gasteiger partial charge in [0, 0.05) is 22.0 Å². The molecule has 0 saturated carbocycles. The van der Waals surface area contributed by atoms with Gasteiger partial charge in [-0.3, -0.25) is 0 Å². The molecule has 178 valence electrons. The molecule has 2 amide bonds. The van der Waals surface area contributed by atoms with Crippen molar-refractivity contribution in [3.8, 4) is 11.3 Å². The molecule has 1 aromatic heterocycles. The van der Waals surface area contributed by atoms with Crippen LogP contribution in [0.3, 0.4) is 0 Å². The van der Waals surface area contributed by atoms with Gasteiger partial charge in [0.15, 0.2) is 0 Å². The predicted octanol–water partition coefficient (Wildman–Crippen LogP) is 8.79. The molecule has 0 spiro atoms. The number of nitrogens with one attached hydrogen (secondary N) is 1. The van der Waals surface area contributed by atoms with Crippen molar-refractivity contribution >= 4 is 49.9 Å². The number of amides is 2. The predicted molar refractivity (Wildman–Crippen MR) is 148 cm³/mol. The number of benzene rings is 4. The van der Waals surface area contributed by atoms with Crippen LogP contribution < -0.4 is 10.2 Å². The smallest absolute Gasteiger partial charge is 0.307 e. The van der Waals surface area contributed by atoms with Crippen molar-refractivity contribution in [1.82, 2.24) is 4.98 Å². The molecule has 4 aromatic carbocycles. The Morgan fingerprint density at radius 1 is 0.833 bits per heavy atom. The molecule has 6 heteroatoms. The van der Waals surface area contributed by atoms with E-state index < -0.39 is 11.8 Å². The molecule has 0 unspecified atom stereocenters. The van der Waals surface area contributed by atoms with E-state index in [1.54, 1.807) is 6.07 Å². The number of halogens is 2. The fourth-order valence-electron chi connectivity index (χ4n) is 4.04. The molecule has 0 radical (unpaired) electrons. The van der Waals surface area contributed by atoms with Gasteiger partial charge in [0.05, 0.1) is 15.9 Å². The van der Waals surface area contributed by atoms with Crippen molar-refractivity contribution in [2.45, 2.75) is 13.8 Å². The largest absolute Gasteiger partial charge is 0.332 e. The molecule has 0 atom stereocenters. The van der Waals surface area contributed by atoms with Crippen molar-refractivity contribution in [3.63, 3.8) is 0 Å². The van der Waals surface area contributed by atoms with E-state index in [4.69, 9.17) is 4.98 Å². The van der Waals surface area contributed by atoms with Crippen LogP contribution in [0.2, 0.25) is 0 Å². The van der Waals surface area contributed by atoms with Gasteiger partial charge in [-0.15, -0.1) is 0 Å². The lowest BCUT2D eigenvalue weighted by Crippen LogP contribution is -2.31. The van der Waals surface area contributed by atoms with Gasteiger partial charge in [0.25, 0.3) is 0 Å². The molecule has 0 aliphatic heterocycles. The first-order chi connectivity index (χ1) is 17.4. The summed E-state index contributed by atoms with van der Waals surface area (Å²) in [5.41, 5.74) is 4.95. The van der Waals surface area contributed by atoms with Gasteiger partial charge in [0.1, 0.15) is 11.6 Å². The number of pyridine rings is 1. The van der Waals surface area contributed by atoms with E-state index in [1.807, 2.05) is 92.7 Å². The molecule has 5 rings (SSSR count). The zero-order valence-electron chi connectivity index (χ0n) is 19.8. The molecule has 36 heavy (non-hydrogen) atoms. The number of aryl methyl sites for hydroxylation is 2. The van der Waals surface area contributed by atoms with E-state index >= 15 is 0 Å². The third kappa shape index (κ3) is 4.72. The highest BCUT2D eigenvalue weighted by molar-refractivity contribution is 9.10. The number of hydrogen-bond donors (Lipinski definition) is 1. The molecule has 1 N–H and O–H groups in total. The van der Waals surface area contributed by atoms with Gasteiger partial charge >= 0.3 is 6.03 Å². The fraction of sp³-hybridized carbons (Fsp3) is 0.0667. The minimum Gasteiger partial charge on any atom is -0.307 e. The number of carbonyl (C=O) groups excluding carboxylic acids is 1. The highest BCUT2D eigenvalue weighted by Gasteiger charge is 2.25. The lowest BCUT2D eigenvalue weighted by atomic mass is 10.1. The van der Waals surface area contributed by atoms with Crippen LogP contribution in [0.25, 0.3) is 22.0 Å². The van der Waals surface area contributed by atoms with Crippen LogP contribution in [-0.4, -0.2) is 11.0 Å². The lowest BCUT2D eigenvalue weighted by Gasteiger charge is -2.25. The molecule has 1 heterocycles. The normalized spacial score (nSPS) is 10.9. The Morgan fingerprint density at radius 3 is 2.14 bits per heavy atom. The van der Waals surface area contributed by atoms with E-state index in [1.165, 1.54) is 17.0 Å². The van der Waals surface area contributed by atoms with Crippen LogP contribution in [0.15, 0.2) is 102 Å². The van der Waals surface area contributed by atoms with Gasteiger partial charge in [-0.1, -0.05) is 71.8 Å². The highest BCUT2D eigenvalue weighted by Crippen LogP contribution is 2.40. The summed E-state index contributed by atoms with van der Waals surface area (Å²) in [6.45, 7) is 3.97. The summed E-state index contributed by atoms with van der Waals surface area (Å²) in [7, 11) is 0. The number of anilines is 3. The number of nitrogens with zero attached hydrogens (tertiary/aromatic N) is 2. The monoisotopic (exact) mass is 539 g/mol. The highest BCUT2D eigenvalue weighted by atomic mass is 79.9. The Labute approximate surface area is 217 Å². The zero-order valence-corrected chi connectivity index (χ0v) is 21.4. The van der Waals surface area contributed by atoms with Gasteiger partial charge in [-0.25, -0.2) is 19.1 Å². The van der Waals surface area contributed by atoms with E-state index in [0.29, 0.717) is 28.3 Å².